The van der Waals surface area contributed by atoms with E-state index in [1.807, 2.05) is 0 Å². The molecule has 2 N–H and O–H groups in total. The molecule has 108 valence electrons. The zero-order valence-corrected chi connectivity index (χ0v) is 13.5. The maximum Gasteiger partial charge on any atom is 0.0803 e. The molecule has 0 fully saturated rings. The van der Waals surface area contributed by atoms with Crippen molar-refractivity contribution < 1.29 is 0 Å². The Bertz CT molecular complexity index is 566. The fourth-order valence-electron chi connectivity index (χ4n) is 2.75. The summed E-state index contributed by atoms with van der Waals surface area (Å²) in [6.07, 6.45) is 2.90. The van der Waals surface area contributed by atoms with Gasteiger partial charge in [-0.2, -0.15) is 0 Å². The molecule has 3 nitrogen and oxygen atoms in total. The lowest BCUT2D eigenvalue weighted by Crippen LogP contribution is -2.15. The number of nitrogens with two attached hydrogens (primary N) is 1. The number of rotatable bonds is 5. The Morgan fingerprint density at radius 3 is 2.45 bits per heavy atom. The third kappa shape index (κ3) is 3.25. The van der Waals surface area contributed by atoms with E-state index in [9.17, 15) is 0 Å². The van der Waals surface area contributed by atoms with E-state index in [0.29, 0.717) is 0 Å². The number of aryl methyl sites for hydroxylation is 4. The van der Waals surface area contributed by atoms with E-state index in [1.165, 1.54) is 33.8 Å². The Hall–Kier alpha value is -1.26. The maximum absolute atomic E-state index is 6.41. The minimum Gasteiger partial charge on any atom is -0.323 e. The Morgan fingerprint density at radius 1 is 1.20 bits per heavy atom. The van der Waals surface area contributed by atoms with Crippen molar-refractivity contribution >= 4 is 11.5 Å². The molecule has 0 aliphatic rings. The van der Waals surface area contributed by atoms with Crippen LogP contribution >= 0.6 is 11.5 Å². The monoisotopic (exact) mass is 289 g/mol. The SMILES string of the molecule is CCCc1nnsc1C(N)Cc1c(C)cc(C)cc1C. The summed E-state index contributed by atoms with van der Waals surface area (Å²) in [7, 11) is 0. The molecule has 2 aromatic rings. The van der Waals surface area contributed by atoms with Gasteiger partial charge in [-0.1, -0.05) is 35.5 Å². The van der Waals surface area contributed by atoms with E-state index in [-0.39, 0.29) is 6.04 Å². The lowest BCUT2D eigenvalue weighted by atomic mass is 9.93. The predicted molar refractivity (Wildman–Crippen MR) is 85.2 cm³/mol. The molecule has 1 aromatic carbocycles. The summed E-state index contributed by atoms with van der Waals surface area (Å²) < 4.78 is 4.07. The second kappa shape index (κ2) is 6.46. The highest BCUT2D eigenvalue weighted by Gasteiger charge is 2.17. The predicted octanol–water partition coefficient (Wildman–Crippen LogP) is 3.66. The minimum absolute atomic E-state index is 0.00310. The molecule has 1 unspecified atom stereocenters. The fraction of sp³-hybridized carbons (Fsp3) is 0.500. The van der Waals surface area contributed by atoms with Crippen molar-refractivity contribution in [2.75, 3.05) is 0 Å². The number of aromatic nitrogens is 2. The molecule has 0 aliphatic carbocycles. The molecule has 0 radical (unpaired) electrons. The molecule has 1 heterocycles. The lowest BCUT2D eigenvalue weighted by Gasteiger charge is -2.16. The average molecular weight is 289 g/mol. The molecule has 0 bridgehead atoms. The van der Waals surface area contributed by atoms with Gasteiger partial charge in [0.1, 0.15) is 0 Å². The average Bonchev–Trinajstić information content (AvgIpc) is 2.82. The zero-order chi connectivity index (χ0) is 14.7. The summed E-state index contributed by atoms with van der Waals surface area (Å²) in [5.41, 5.74) is 12.8. The Balaban J connectivity index is 2.23. The van der Waals surface area contributed by atoms with Crippen LogP contribution in [0.4, 0.5) is 0 Å². The van der Waals surface area contributed by atoms with Crippen molar-refractivity contribution in [3.8, 4) is 0 Å². The largest absolute Gasteiger partial charge is 0.323 e. The van der Waals surface area contributed by atoms with Gasteiger partial charge in [-0.25, -0.2) is 0 Å². The van der Waals surface area contributed by atoms with Crippen LogP contribution in [-0.2, 0) is 12.8 Å². The van der Waals surface area contributed by atoms with Gasteiger partial charge < -0.3 is 5.73 Å². The van der Waals surface area contributed by atoms with Crippen LogP contribution in [0.5, 0.6) is 0 Å². The van der Waals surface area contributed by atoms with Crippen LogP contribution in [-0.4, -0.2) is 9.59 Å². The Kier molecular flexibility index (Phi) is 4.89. The third-order valence-corrected chi connectivity index (χ3v) is 4.57. The van der Waals surface area contributed by atoms with Gasteiger partial charge in [-0.05, 0) is 61.8 Å². The fourth-order valence-corrected chi connectivity index (χ4v) is 3.45. The molecule has 2 rings (SSSR count). The zero-order valence-electron chi connectivity index (χ0n) is 12.7. The number of hydrogen-bond donors (Lipinski definition) is 1. The molecular formula is C16H23N3S. The number of benzene rings is 1. The minimum atomic E-state index is -0.00310. The topological polar surface area (TPSA) is 51.8 Å². The highest BCUT2D eigenvalue weighted by molar-refractivity contribution is 7.05. The quantitative estimate of drug-likeness (QED) is 0.914. The van der Waals surface area contributed by atoms with Crippen molar-refractivity contribution in [1.29, 1.82) is 0 Å². The number of hydrogen-bond acceptors (Lipinski definition) is 4. The van der Waals surface area contributed by atoms with E-state index < -0.39 is 0 Å². The van der Waals surface area contributed by atoms with Gasteiger partial charge in [0.15, 0.2) is 0 Å². The van der Waals surface area contributed by atoms with E-state index in [2.05, 4.69) is 49.4 Å². The second-order valence-electron chi connectivity index (χ2n) is 5.52. The van der Waals surface area contributed by atoms with Gasteiger partial charge in [-0.15, -0.1) is 5.10 Å². The first-order chi connectivity index (χ1) is 9.52. The van der Waals surface area contributed by atoms with Gasteiger partial charge in [0.05, 0.1) is 10.6 Å². The van der Waals surface area contributed by atoms with Gasteiger partial charge in [0.2, 0.25) is 0 Å². The molecule has 20 heavy (non-hydrogen) atoms. The molecule has 0 spiro atoms. The highest BCUT2D eigenvalue weighted by Crippen LogP contribution is 2.26. The van der Waals surface area contributed by atoms with E-state index in [0.717, 1.165) is 29.8 Å². The van der Waals surface area contributed by atoms with Crippen LogP contribution in [0, 0.1) is 20.8 Å². The molecular weight excluding hydrogens is 266 g/mol. The maximum atomic E-state index is 6.41. The molecule has 4 heteroatoms. The summed E-state index contributed by atoms with van der Waals surface area (Å²) >= 11 is 1.45. The normalized spacial score (nSPS) is 12.7. The summed E-state index contributed by atoms with van der Waals surface area (Å²) in [6, 6.07) is 4.46. The second-order valence-corrected chi connectivity index (χ2v) is 6.31. The lowest BCUT2D eigenvalue weighted by molar-refractivity contribution is 0.709. The molecule has 0 saturated carbocycles. The molecule has 0 saturated heterocycles. The summed E-state index contributed by atoms with van der Waals surface area (Å²) in [5, 5.41) is 4.22. The van der Waals surface area contributed by atoms with Crippen LogP contribution in [0.1, 0.15) is 52.2 Å². The van der Waals surface area contributed by atoms with Crippen LogP contribution < -0.4 is 5.73 Å². The van der Waals surface area contributed by atoms with Crippen molar-refractivity contribution in [3.05, 3.63) is 45.0 Å². The van der Waals surface area contributed by atoms with Crippen LogP contribution in [0.2, 0.25) is 0 Å². The van der Waals surface area contributed by atoms with Crippen molar-refractivity contribution in [3.63, 3.8) is 0 Å². The summed E-state index contributed by atoms with van der Waals surface area (Å²) in [5.74, 6) is 0. The molecule has 0 aliphatic heterocycles. The van der Waals surface area contributed by atoms with E-state index >= 15 is 0 Å². The van der Waals surface area contributed by atoms with Gasteiger partial charge >= 0.3 is 0 Å². The number of nitrogens with zero attached hydrogens (tertiary/aromatic N) is 2. The van der Waals surface area contributed by atoms with Gasteiger partial charge in [-0.3, -0.25) is 0 Å². The summed E-state index contributed by atoms with van der Waals surface area (Å²) in [6.45, 7) is 8.62. The standard InChI is InChI=1S/C16H23N3S/c1-5-6-15-16(20-19-18-15)14(17)9-13-11(3)7-10(2)8-12(13)4/h7-8,14H,5-6,9,17H2,1-4H3. The Morgan fingerprint density at radius 2 is 1.85 bits per heavy atom. The van der Waals surface area contributed by atoms with E-state index in [4.69, 9.17) is 5.73 Å². The van der Waals surface area contributed by atoms with Crippen molar-refractivity contribution in [1.82, 2.24) is 9.59 Å². The molecule has 0 amide bonds. The highest BCUT2D eigenvalue weighted by atomic mass is 32.1. The van der Waals surface area contributed by atoms with Crippen molar-refractivity contribution in [2.24, 2.45) is 5.73 Å². The third-order valence-electron chi connectivity index (χ3n) is 3.67. The van der Waals surface area contributed by atoms with E-state index in [1.54, 1.807) is 0 Å². The first-order valence-electron chi connectivity index (χ1n) is 7.16. The van der Waals surface area contributed by atoms with Crippen molar-refractivity contribution in [2.45, 2.75) is 53.0 Å². The van der Waals surface area contributed by atoms with Gasteiger partial charge in [0, 0.05) is 6.04 Å². The smallest absolute Gasteiger partial charge is 0.0803 e. The van der Waals surface area contributed by atoms with Gasteiger partial charge in [0.25, 0.3) is 0 Å². The first-order valence-corrected chi connectivity index (χ1v) is 7.93. The molecule has 1 atom stereocenters. The van der Waals surface area contributed by atoms with Crippen LogP contribution in [0.15, 0.2) is 12.1 Å². The first kappa shape index (κ1) is 15.1. The summed E-state index contributed by atoms with van der Waals surface area (Å²) in [4.78, 5) is 1.14. The van der Waals surface area contributed by atoms with Crippen LogP contribution in [0.3, 0.4) is 0 Å². The molecule has 1 aromatic heterocycles. The van der Waals surface area contributed by atoms with Crippen LogP contribution in [0.25, 0.3) is 0 Å². The Labute approximate surface area is 125 Å².